The molecule has 2 aromatic heterocycles. The molecule has 0 aliphatic carbocycles. The van der Waals surface area contributed by atoms with E-state index in [0.29, 0.717) is 12.8 Å². The van der Waals surface area contributed by atoms with Crippen molar-refractivity contribution in [2.45, 2.75) is 45.3 Å². The Kier molecular flexibility index (Phi) is 5.89. The van der Waals surface area contributed by atoms with E-state index in [-0.39, 0.29) is 5.91 Å². The summed E-state index contributed by atoms with van der Waals surface area (Å²) in [4.78, 5) is 16.8. The van der Waals surface area contributed by atoms with Gasteiger partial charge in [0.25, 0.3) is 0 Å². The molecule has 2 aliphatic heterocycles. The molecule has 0 atom stereocenters. The molecule has 32 heavy (non-hydrogen) atoms. The summed E-state index contributed by atoms with van der Waals surface area (Å²) in [7, 11) is 1.67. The standard InChI is InChI=1S/C23H29N7O2/c1-32-19-6-4-17(5-7-19)23-18(14-24-26-23)15-28-12-13-30-21(16-28)20(25-27-30)8-9-22(31)29-10-2-3-11-29/h4-7,14H,2-3,8-13,15-16H2,1H3,(H,24,26). The van der Waals surface area contributed by atoms with Gasteiger partial charge < -0.3 is 9.64 Å². The summed E-state index contributed by atoms with van der Waals surface area (Å²) < 4.78 is 7.26. The molecule has 0 saturated carbocycles. The summed E-state index contributed by atoms with van der Waals surface area (Å²) in [5.41, 5.74) is 5.34. The van der Waals surface area contributed by atoms with Gasteiger partial charge in [0.15, 0.2) is 0 Å². The second-order valence-corrected chi connectivity index (χ2v) is 8.50. The van der Waals surface area contributed by atoms with Crippen molar-refractivity contribution < 1.29 is 9.53 Å². The molecule has 0 radical (unpaired) electrons. The van der Waals surface area contributed by atoms with E-state index < -0.39 is 0 Å². The number of H-pyrrole nitrogens is 1. The number of amides is 1. The molecule has 5 rings (SSSR count). The van der Waals surface area contributed by atoms with E-state index in [1.165, 1.54) is 0 Å². The SMILES string of the molecule is COc1ccc(-c2[nH]ncc2CN2CCn3nnc(CCC(=O)N4CCCC4)c3C2)cc1. The largest absolute Gasteiger partial charge is 0.497 e. The van der Waals surface area contributed by atoms with E-state index in [9.17, 15) is 4.79 Å². The van der Waals surface area contributed by atoms with Gasteiger partial charge in [0.1, 0.15) is 5.75 Å². The van der Waals surface area contributed by atoms with Gasteiger partial charge in [0, 0.05) is 56.7 Å². The molecule has 1 N–H and O–H groups in total. The molecule has 3 aromatic rings. The zero-order valence-electron chi connectivity index (χ0n) is 18.5. The molecule has 0 bridgehead atoms. The maximum atomic E-state index is 12.4. The Balaban J connectivity index is 1.25. The second kappa shape index (κ2) is 9.12. The van der Waals surface area contributed by atoms with Crippen LogP contribution < -0.4 is 4.74 Å². The molecule has 1 saturated heterocycles. The summed E-state index contributed by atoms with van der Waals surface area (Å²) in [5.74, 6) is 1.07. The number of rotatable bonds is 7. The van der Waals surface area contributed by atoms with Crippen LogP contribution in [0.15, 0.2) is 30.5 Å². The highest BCUT2D eigenvalue weighted by molar-refractivity contribution is 5.76. The number of aromatic amines is 1. The minimum Gasteiger partial charge on any atom is -0.497 e. The molecular formula is C23H29N7O2. The lowest BCUT2D eigenvalue weighted by molar-refractivity contribution is -0.130. The Labute approximate surface area is 187 Å². The Bertz CT molecular complexity index is 1070. The number of methoxy groups -OCH3 is 1. The average molecular weight is 436 g/mol. The van der Waals surface area contributed by atoms with Gasteiger partial charge in [-0.3, -0.25) is 14.8 Å². The normalized spacial score (nSPS) is 16.3. The highest BCUT2D eigenvalue weighted by Crippen LogP contribution is 2.26. The number of hydrogen-bond acceptors (Lipinski definition) is 6. The molecular weight excluding hydrogens is 406 g/mol. The molecule has 0 unspecified atom stereocenters. The van der Waals surface area contributed by atoms with Crippen LogP contribution in [-0.4, -0.2) is 67.6 Å². The van der Waals surface area contributed by atoms with Crippen molar-refractivity contribution in [2.75, 3.05) is 26.7 Å². The maximum Gasteiger partial charge on any atom is 0.222 e. The molecule has 9 heteroatoms. The number of ether oxygens (including phenoxy) is 1. The summed E-state index contributed by atoms with van der Waals surface area (Å²) in [6, 6.07) is 8.00. The first-order valence-electron chi connectivity index (χ1n) is 11.3. The van der Waals surface area contributed by atoms with Crippen molar-refractivity contribution >= 4 is 5.91 Å². The van der Waals surface area contributed by atoms with Crippen LogP contribution in [0.4, 0.5) is 0 Å². The van der Waals surface area contributed by atoms with Crippen LogP contribution in [0.3, 0.4) is 0 Å². The third-order valence-corrected chi connectivity index (χ3v) is 6.44. The van der Waals surface area contributed by atoms with Crippen LogP contribution in [0.1, 0.15) is 36.2 Å². The minimum absolute atomic E-state index is 0.236. The van der Waals surface area contributed by atoms with Crippen LogP contribution in [0.25, 0.3) is 11.3 Å². The summed E-state index contributed by atoms with van der Waals surface area (Å²) >= 11 is 0. The van der Waals surface area contributed by atoms with E-state index >= 15 is 0 Å². The first kappa shape index (κ1) is 20.7. The second-order valence-electron chi connectivity index (χ2n) is 8.50. The minimum atomic E-state index is 0.236. The van der Waals surface area contributed by atoms with Gasteiger partial charge in [-0.05, 0) is 37.1 Å². The number of carbonyl (C=O) groups excluding carboxylic acids is 1. The lowest BCUT2D eigenvalue weighted by Crippen LogP contribution is -2.34. The fourth-order valence-electron chi connectivity index (χ4n) is 4.61. The topological polar surface area (TPSA) is 92.2 Å². The van der Waals surface area contributed by atoms with Gasteiger partial charge in [-0.25, -0.2) is 4.68 Å². The third-order valence-electron chi connectivity index (χ3n) is 6.44. The molecule has 168 valence electrons. The van der Waals surface area contributed by atoms with Crippen LogP contribution in [0.5, 0.6) is 5.75 Å². The quantitative estimate of drug-likeness (QED) is 0.612. The molecule has 1 aromatic carbocycles. The van der Waals surface area contributed by atoms with E-state index in [2.05, 4.69) is 25.4 Å². The average Bonchev–Trinajstić information content (AvgIpc) is 3.59. The lowest BCUT2D eigenvalue weighted by Gasteiger charge is -2.27. The molecule has 0 spiro atoms. The predicted octanol–water partition coefficient (Wildman–Crippen LogP) is 2.25. The molecule has 9 nitrogen and oxygen atoms in total. The van der Waals surface area contributed by atoms with Gasteiger partial charge in [-0.1, -0.05) is 5.21 Å². The molecule has 1 amide bonds. The molecule has 2 aliphatic rings. The number of fused-ring (bicyclic) bond motifs is 1. The van der Waals surface area contributed by atoms with Crippen molar-refractivity contribution in [2.24, 2.45) is 0 Å². The smallest absolute Gasteiger partial charge is 0.222 e. The van der Waals surface area contributed by atoms with Crippen molar-refractivity contribution in [3.05, 3.63) is 47.4 Å². The summed E-state index contributed by atoms with van der Waals surface area (Å²) in [6.45, 7) is 5.05. The van der Waals surface area contributed by atoms with Crippen LogP contribution in [-0.2, 0) is 30.8 Å². The van der Waals surface area contributed by atoms with Gasteiger partial charge in [-0.15, -0.1) is 5.10 Å². The van der Waals surface area contributed by atoms with Crippen molar-refractivity contribution in [1.29, 1.82) is 0 Å². The Morgan fingerprint density at radius 3 is 2.72 bits per heavy atom. The van der Waals surface area contributed by atoms with E-state index in [0.717, 1.165) is 86.1 Å². The third kappa shape index (κ3) is 4.25. The van der Waals surface area contributed by atoms with Gasteiger partial charge >= 0.3 is 0 Å². The van der Waals surface area contributed by atoms with E-state index in [1.807, 2.05) is 40.0 Å². The van der Waals surface area contributed by atoms with Gasteiger partial charge in [-0.2, -0.15) is 5.10 Å². The Hall–Kier alpha value is -3.20. The van der Waals surface area contributed by atoms with Crippen LogP contribution >= 0.6 is 0 Å². The number of hydrogen-bond donors (Lipinski definition) is 1. The Morgan fingerprint density at radius 2 is 1.94 bits per heavy atom. The predicted molar refractivity (Wildman–Crippen MR) is 119 cm³/mol. The number of aromatic nitrogens is 5. The maximum absolute atomic E-state index is 12.4. The lowest BCUT2D eigenvalue weighted by atomic mass is 10.1. The van der Waals surface area contributed by atoms with E-state index in [4.69, 9.17) is 4.74 Å². The zero-order chi connectivity index (χ0) is 21.9. The summed E-state index contributed by atoms with van der Waals surface area (Å²) in [6.07, 6.45) is 5.30. The van der Waals surface area contributed by atoms with Crippen molar-refractivity contribution in [1.82, 2.24) is 35.0 Å². The fourth-order valence-corrected chi connectivity index (χ4v) is 4.61. The Morgan fingerprint density at radius 1 is 1.12 bits per heavy atom. The number of carbonyl (C=O) groups is 1. The van der Waals surface area contributed by atoms with Gasteiger partial charge in [0.05, 0.1) is 36.9 Å². The van der Waals surface area contributed by atoms with Crippen molar-refractivity contribution in [3.8, 4) is 17.0 Å². The monoisotopic (exact) mass is 435 g/mol. The van der Waals surface area contributed by atoms with Crippen LogP contribution in [0.2, 0.25) is 0 Å². The zero-order valence-corrected chi connectivity index (χ0v) is 18.5. The first-order valence-corrected chi connectivity index (χ1v) is 11.3. The number of likely N-dealkylation sites (tertiary alicyclic amines) is 1. The first-order chi connectivity index (χ1) is 15.7. The number of nitrogens with zero attached hydrogens (tertiary/aromatic N) is 6. The molecule has 4 heterocycles. The summed E-state index contributed by atoms with van der Waals surface area (Å²) in [5, 5.41) is 16.2. The molecule has 1 fully saturated rings. The van der Waals surface area contributed by atoms with Crippen molar-refractivity contribution in [3.63, 3.8) is 0 Å². The van der Waals surface area contributed by atoms with E-state index in [1.54, 1.807) is 7.11 Å². The number of benzene rings is 1. The number of aryl methyl sites for hydroxylation is 1. The highest BCUT2D eigenvalue weighted by atomic mass is 16.5. The highest BCUT2D eigenvalue weighted by Gasteiger charge is 2.24. The van der Waals surface area contributed by atoms with Crippen LogP contribution in [0, 0.1) is 0 Å². The fraction of sp³-hybridized carbons (Fsp3) is 0.478. The number of nitrogens with one attached hydrogen (secondary N) is 1. The van der Waals surface area contributed by atoms with Gasteiger partial charge in [0.2, 0.25) is 5.91 Å².